The maximum atomic E-state index is 8.58. The number of rotatable bonds is 3. The van der Waals surface area contributed by atoms with E-state index in [1.807, 2.05) is 12.4 Å². The number of piperidine rings is 1. The smallest absolute Gasteiger partial charge is 0.204 e. The summed E-state index contributed by atoms with van der Waals surface area (Å²) in [5.41, 5.74) is 8.78. The van der Waals surface area contributed by atoms with Crippen LogP contribution >= 0.6 is 0 Å². The maximum absolute atomic E-state index is 8.58. The Balaban J connectivity index is 0.000000706. The van der Waals surface area contributed by atoms with E-state index in [9.17, 15) is 0 Å². The van der Waals surface area contributed by atoms with E-state index in [0.717, 1.165) is 30.8 Å². The predicted molar refractivity (Wildman–Crippen MR) is 111 cm³/mol. The predicted octanol–water partition coefficient (Wildman–Crippen LogP) is 3.27. The van der Waals surface area contributed by atoms with Gasteiger partial charge in [0.15, 0.2) is 0 Å². The second-order valence-electron chi connectivity index (χ2n) is 7.24. The van der Waals surface area contributed by atoms with Crippen molar-refractivity contribution in [1.82, 2.24) is 14.3 Å². The zero-order valence-corrected chi connectivity index (χ0v) is 16.7. The second-order valence-corrected chi connectivity index (χ2v) is 7.24. The number of benzene rings is 1. The summed E-state index contributed by atoms with van der Waals surface area (Å²) >= 11 is 0. The molecule has 1 saturated heterocycles. The van der Waals surface area contributed by atoms with Gasteiger partial charge in [0.05, 0.1) is 0 Å². The molecule has 0 bridgehead atoms. The quantitative estimate of drug-likeness (QED) is 0.708. The monoisotopic (exact) mass is 380 g/mol. The van der Waals surface area contributed by atoms with Crippen LogP contribution in [0, 0.1) is 6.92 Å². The molecular weight excluding hydrogens is 352 g/mol. The van der Waals surface area contributed by atoms with Gasteiger partial charge in [0, 0.05) is 36.2 Å². The number of ether oxygens (including phenoxy) is 1. The van der Waals surface area contributed by atoms with Crippen LogP contribution < -0.4 is 10.5 Å². The summed E-state index contributed by atoms with van der Waals surface area (Å²) in [6.45, 7) is 5.51. The number of amides is 1. The van der Waals surface area contributed by atoms with Crippen molar-refractivity contribution in [2.75, 3.05) is 13.6 Å². The molecule has 6 heteroatoms. The molecular formula is C22H28N4O2. The number of fused-ring (bicyclic) bond motifs is 1. The van der Waals surface area contributed by atoms with Crippen LogP contribution in [0.5, 0.6) is 5.75 Å². The number of nitrogens with two attached hydrogens (primary N) is 1. The van der Waals surface area contributed by atoms with E-state index in [1.54, 1.807) is 0 Å². The van der Waals surface area contributed by atoms with Crippen molar-refractivity contribution in [2.45, 2.75) is 38.8 Å². The van der Waals surface area contributed by atoms with Gasteiger partial charge in [0.2, 0.25) is 6.41 Å². The highest BCUT2D eigenvalue weighted by atomic mass is 16.5. The number of hydrogen-bond acceptors (Lipinski definition) is 4. The first-order chi connectivity index (χ1) is 13.5. The third kappa shape index (κ3) is 4.34. The highest BCUT2D eigenvalue weighted by molar-refractivity contribution is 5.68. The lowest BCUT2D eigenvalue weighted by Gasteiger charge is -2.35. The molecule has 3 heterocycles. The van der Waals surface area contributed by atoms with Crippen LogP contribution in [0.4, 0.5) is 0 Å². The normalized spacial score (nSPS) is 19.7. The van der Waals surface area contributed by atoms with Crippen LogP contribution in [0.15, 0.2) is 48.8 Å². The lowest BCUT2D eigenvalue weighted by atomic mass is 10.0. The first-order valence-electron chi connectivity index (χ1n) is 9.59. The summed E-state index contributed by atoms with van der Waals surface area (Å²) in [7, 11) is 2.19. The number of primary amides is 1. The first kappa shape index (κ1) is 19.9. The zero-order chi connectivity index (χ0) is 20.1. The second kappa shape index (κ2) is 8.89. The Morgan fingerprint density at radius 3 is 2.61 bits per heavy atom. The lowest BCUT2D eigenvalue weighted by molar-refractivity contribution is -0.106. The fourth-order valence-corrected chi connectivity index (χ4v) is 3.69. The Bertz CT molecular complexity index is 920. The van der Waals surface area contributed by atoms with Crippen LogP contribution in [0.1, 0.15) is 25.5 Å². The molecule has 0 saturated carbocycles. The zero-order valence-electron chi connectivity index (χ0n) is 16.7. The molecule has 0 radical (unpaired) electrons. The Morgan fingerprint density at radius 1 is 1.21 bits per heavy atom. The molecule has 1 aliphatic heterocycles. The third-order valence-corrected chi connectivity index (χ3v) is 5.45. The van der Waals surface area contributed by atoms with E-state index < -0.39 is 0 Å². The molecule has 6 nitrogen and oxygen atoms in total. The molecule has 2 unspecified atom stereocenters. The van der Waals surface area contributed by atoms with Crippen molar-refractivity contribution in [3.8, 4) is 16.9 Å². The summed E-state index contributed by atoms with van der Waals surface area (Å²) in [5.74, 6) is 0.965. The van der Waals surface area contributed by atoms with Crippen molar-refractivity contribution in [2.24, 2.45) is 5.73 Å². The highest BCUT2D eigenvalue weighted by Gasteiger charge is 2.24. The van der Waals surface area contributed by atoms with E-state index in [0.29, 0.717) is 12.1 Å². The number of aryl methyl sites for hydroxylation is 1. The molecule has 0 spiro atoms. The Labute approximate surface area is 165 Å². The fourth-order valence-electron chi connectivity index (χ4n) is 3.69. The van der Waals surface area contributed by atoms with Crippen molar-refractivity contribution < 1.29 is 9.53 Å². The number of pyridine rings is 1. The van der Waals surface area contributed by atoms with Gasteiger partial charge in [-0.2, -0.15) is 0 Å². The lowest BCUT2D eigenvalue weighted by Crippen LogP contribution is -2.41. The molecule has 0 aliphatic carbocycles. The van der Waals surface area contributed by atoms with Gasteiger partial charge in [0.25, 0.3) is 0 Å². The molecule has 4 rings (SSSR count). The number of nitrogens with zero attached hydrogens (tertiary/aromatic N) is 3. The van der Waals surface area contributed by atoms with Crippen LogP contribution in [0.25, 0.3) is 16.8 Å². The van der Waals surface area contributed by atoms with Crippen LogP contribution in [0.2, 0.25) is 0 Å². The molecule has 2 aromatic heterocycles. The number of aromatic nitrogens is 2. The molecule has 3 aromatic rings. The van der Waals surface area contributed by atoms with Gasteiger partial charge in [-0.05, 0) is 63.6 Å². The van der Waals surface area contributed by atoms with Crippen LogP contribution in [-0.2, 0) is 4.79 Å². The number of likely N-dealkylation sites (tertiary alicyclic amines) is 1. The fraction of sp³-hybridized carbons (Fsp3) is 0.364. The summed E-state index contributed by atoms with van der Waals surface area (Å²) in [6, 6.07) is 13.3. The summed E-state index contributed by atoms with van der Waals surface area (Å²) in [5, 5.41) is 0. The van der Waals surface area contributed by atoms with Gasteiger partial charge >= 0.3 is 0 Å². The Kier molecular flexibility index (Phi) is 6.31. The largest absolute Gasteiger partial charge is 0.490 e. The Hall–Kier alpha value is -2.86. The van der Waals surface area contributed by atoms with Crippen molar-refractivity contribution in [3.63, 3.8) is 0 Å². The molecule has 1 aromatic carbocycles. The summed E-state index contributed by atoms with van der Waals surface area (Å²) < 4.78 is 8.34. The minimum atomic E-state index is 0.250. The van der Waals surface area contributed by atoms with Crippen molar-refractivity contribution in [3.05, 3.63) is 54.5 Å². The highest BCUT2D eigenvalue weighted by Crippen LogP contribution is 2.28. The van der Waals surface area contributed by atoms with Gasteiger partial charge in [0.1, 0.15) is 17.5 Å². The van der Waals surface area contributed by atoms with E-state index >= 15 is 0 Å². The van der Waals surface area contributed by atoms with E-state index in [4.69, 9.17) is 9.53 Å². The van der Waals surface area contributed by atoms with Crippen LogP contribution in [-0.4, -0.2) is 46.4 Å². The van der Waals surface area contributed by atoms with Gasteiger partial charge in [-0.1, -0.05) is 12.1 Å². The third-order valence-electron chi connectivity index (χ3n) is 5.45. The van der Waals surface area contributed by atoms with Gasteiger partial charge in [-0.3, -0.25) is 4.79 Å². The number of hydrogen-bond donors (Lipinski definition) is 1. The molecule has 148 valence electrons. The first-order valence-corrected chi connectivity index (χ1v) is 9.59. The van der Waals surface area contributed by atoms with Crippen molar-refractivity contribution in [1.29, 1.82) is 0 Å². The molecule has 1 aliphatic rings. The molecule has 2 atom stereocenters. The van der Waals surface area contributed by atoms with Gasteiger partial charge in [-0.15, -0.1) is 0 Å². The SMILES string of the molecule is Cc1c(-c2ccc(OC3CCN(C)C(C)C3)cc2)ccc2nccn12.NC=O. The number of carbonyl (C=O) groups excluding carboxylic acids is 1. The van der Waals surface area contributed by atoms with E-state index in [2.05, 4.69) is 77.3 Å². The van der Waals surface area contributed by atoms with E-state index in [-0.39, 0.29) is 6.41 Å². The molecule has 2 N–H and O–H groups in total. The topological polar surface area (TPSA) is 72.9 Å². The maximum Gasteiger partial charge on any atom is 0.204 e. The number of carbonyl (C=O) groups is 1. The Morgan fingerprint density at radius 2 is 1.93 bits per heavy atom. The van der Waals surface area contributed by atoms with Crippen molar-refractivity contribution >= 4 is 12.1 Å². The van der Waals surface area contributed by atoms with Crippen LogP contribution in [0.3, 0.4) is 0 Å². The minimum Gasteiger partial charge on any atom is -0.490 e. The number of imidazole rings is 1. The molecule has 1 fully saturated rings. The summed E-state index contributed by atoms with van der Waals surface area (Å²) in [4.78, 5) is 15.3. The van der Waals surface area contributed by atoms with Gasteiger partial charge in [-0.25, -0.2) is 4.98 Å². The van der Waals surface area contributed by atoms with E-state index in [1.165, 1.54) is 16.8 Å². The minimum absolute atomic E-state index is 0.250. The average molecular weight is 380 g/mol. The summed E-state index contributed by atoms with van der Waals surface area (Å²) in [6.07, 6.45) is 6.60. The standard InChI is InChI=1S/C21H25N3O.CH3NO/c1-15-14-19(10-12-23(15)3)25-18-6-4-17(5-7-18)20-8-9-21-22-11-13-24(21)16(20)2;2-1-3/h4-9,11,13,15,19H,10,12,14H2,1-3H3;1H,(H2,2,3). The molecule has 28 heavy (non-hydrogen) atoms. The average Bonchev–Trinajstić information content (AvgIpc) is 3.16. The molecule has 1 amide bonds. The van der Waals surface area contributed by atoms with Gasteiger partial charge < -0.3 is 19.8 Å².